The van der Waals surface area contributed by atoms with Crippen LogP contribution in [0.2, 0.25) is 0 Å². The van der Waals surface area contributed by atoms with Crippen LogP contribution in [0.25, 0.3) is 6.08 Å². The van der Waals surface area contributed by atoms with Crippen LogP contribution >= 0.6 is 0 Å². The fraction of sp³-hybridized carbons (Fsp3) is 0.304. The van der Waals surface area contributed by atoms with Gasteiger partial charge in [-0.25, -0.2) is 0 Å². The lowest BCUT2D eigenvalue weighted by atomic mass is 10.1. The first-order valence-corrected chi connectivity index (χ1v) is 9.63. The van der Waals surface area contributed by atoms with E-state index in [1.165, 1.54) is 0 Å². The van der Waals surface area contributed by atoms with Gasteiger partial charge in [-0.2, -0.15) is 0 Å². The van der Waals surface area contributed by atoms with Gasteiger partial charge in [0, 0.05) is 37.9 Å². The van der Waals surface area contributed by atoms with E-state index >= 15 is 0 Å². The second-order valence-electron chi connectivity index (χ2n) is 7.14. The fourth-order valence-electron chi connectivity index (χ4n) is 3.24. The number of carbonyl (C=O) groups is 2. The maximum Gasteiger partial charge on any atom is 0.246 e. The first-order chi connectivity index (χ1) is 13.5. The number of nitrogens with one attached hydrogen (secondary N) is 1. The average Bonchev–Trinajstić information content (AvgIpc) is 2.71. The molecule has 2 aromatic carbocycles. The molecule has 1 heterocycles. The number of amides is 2. The third-order valence-electron chi connectivity index (χ3n) is 5.15. The maximum absolute atomic E-state index is 12.4. The molecule has 1 N–H and O–H groups in total. The fourth-order valence-corrected chi connectivity index (χ4v) is 3.24. The minimum absolute atomic E-state index is 0.0163. The van der Waals surface area contributed by atoms with Crippen LogP contribution in [0.5, 0.6) is 0 Å². The molecule has 1 fully saturated rings. The van der Waals surface area contributed by atoms with Crippen LogP contribution in [0.15, 0.2) is 54.6 Å². The molecule has 1 aliphatic rings. The molecule has 1 saturated heterocycles. The molecule has 0 saturated carbocycles. The van der Waals surface area contributed by atoms with Crippen LogP contribution < -0.4 is 5.32 Å². The Bertz CT molecular complexity index is 853. The predicted octanol–water partition coefficient (Wildman–Crippen LogP) is 3.10. The van der Waals surface area contributed by atoms with Crippen molar-refractivity contribution in [2.45, 2.75) is 13.8 Å². The van der Waals surface area contributed by atoms with Crippen LogP contribution in [-0.4, -0.2) is 54.3 Å². The van der Waals surface area contributed by atoms with Crippen molar-refractivity contribution in [1.82, 2.24) is 9.80 Å². The number of carbonyl (C=O) groups excluding carboxylic acids is 2. The zero-order valence-electron chi connectivity index (χ0n) is 16.5. The summed E-state index contributed by atoms with van der Waals surface area (Å²) in [6.07, 6.45) is 3.46. The van der Waals surface area contributed by atoms with Gasteiger partial charge in [-0.3, -0.25) is 14.5 Å². The molecule has 2 amide bonds. The van der Waals surface area contributed by atoms with Crippen LogP contribution in [0.1, 0.15) is 16.7 Å². The summed E-state index contributed by atoms with van der Waals surface area (Å²) < 4.78 is 0. The molecule has 28 heavy (non-hydrogen) atoms. The smallest absolute Gasteiger partial charge is 0.246 e. The number of piperazine rings is 1. The summed E-state index contributed by atoms with van der Waals surface area (Å²) in [5, 5.41) is 3.00. The first-order valence-electron chi connectivity index (χ1n) is 9.63. The molecule has 0 radical (unpaired) electrons. The molecule has 5 nitrogen and oxygen atoms in total. The summed E-state index contributed by atoms with van der Waals surface area (Å²) in [6, 6.07) is 15.7. The van der Waals surface area contributed by atoms with Gasteiger partial charge in [0.2, 0.25) is 11.8 Å². The van der Waals surface area contributed by atoms with Crippen LogP contribution in [0.3, 0.4) is 0 Å². The standard InChI is InChI=1S/C23H27N3O2/c1-18-7-6-10-21(19(18)2)24-22(27)17-25-13-15-26(16-14-25)23(28)12-11-20-8-4-3-5-9-20/h3-12H,13-17H2,1-2H3,(H,24,27)/b12-11+. The third kappa shape index (κ3) is 5.30. The molecule has 3 rings (SSSR count). The van der Waals surface area contributed by atoms with E-state index in [0.717, 1.165) is 22.4 Å². The number of benzene rings is 2. The van der Waals surface area contributed by atoms with Gasteiger partial charge in [-0.1, -0.05) is 42.5 Å². The highest BCUT2D eigenvalue weighted by Gasteiger charge is 2.21. The van der Waals surface area contributed by atoms with Crippen molar-refractivity contribution in [1.29, 1.82) is 0 Å². The molecule has 0 unspecified atom stereocenters. The minimum atomic E-state index is -0.0163. The van der Waals surface area contributed by atoms with E-state index in [1.807, 2.05) is 73.4 Å². The Labute approximate surface area is 166 Å². The number of nitrogens with zero attached hydrogens (tertiary/aromatic N) is 2. The van der Waals surface area contributed by atoms with Crippen molar-refractivity contribution < 1.29 is 9.59 Å². The number of aryl methyl sites for hydroxylation is 1. The molecular weight excluding hydrogens is 350 g/mol. The number of hydrogen-bond donors (Lipinski definition) is 1. The van der Waals surface area contributed by atoms with E-state index < -0.39 is 0 Å². The normalized spacial score (nSPS) is 15.0. The van der Waals surface area contributed by atoms with Crippen molar-refractivity contribution in [2.75, 3.05) is 38.0 Å². The molecule has 0 aromatic heterocycles. The molecule has 146 valence electrons. The molecule has 0 atom stereocenters. The van der Waals surface area contributed by atoms with Crippen molar-refractivity contribution in [3.63, 3.8) is 0 Å². The van der Waals surface area contributed by atoms with Gasteiger partial charge in [0.05, 0.1) is 6.54 Å². The van der Waals surface area contributed by atoms with Gasteiger partial charge in [0.1, 0.15) is 0 Å². The summed E-state index contributed by atoms with van der Waals surface area (Å²) >= 11 is 0. The first kappa shape index (κ1) is 19.8. The average molecular weight is 377 g/mol. The highest BCUT2D eigenvalue weighted by molar-refractivity contribution is 5.93. The second-order valence-corrected chi connectivity index (χ2v) is 7.14. The predicted molar refractivity (Wildman–Crippen MR) is 113 cm³/mol. The molecular formula is C23H27N3O2. The molecule has 5 heteroatoms. The summed E-state index contributed by atoms with van der Waals surface area (Å²) in [5.41, 5.74) is 4.13. The highest BCUT2D eigenvalue weighted by Crippen LogP contribution is 2.18. The van der Waals surface area contributed by atoms with E-state index in [0.29, 0.717) is 32.7 Å². The Hall–Kier alpha value is -2.92. The van der Waals surface area contributed by atoms with E-state index in [1.54, 1.807) is 6.08 Å². The lowest BCUT2D eigenvalue weighted by molar-refractivity contribution is -0.127. The maximum atomic E-state index is 12.4. The van der Waals surface area contributed by atoms with Gasteiger partial charge in [-0.15, -0.1) is 0 Å². The van der Waals surface area contributed by atoms with E-state index in [2.05, 4.69) is 10.2 Å². The van der Waals surface area contributed by atoms with Crippen LogP contribution in [0.4, 0.5) is 5.69 Å². The van der Waals surface area contributed by atoms with Crippen LogP contribution in [0, 0.1) is 13.8 Å². The van der Waals surface area contributed by atoms with Crippen molar-refractivity contribution >= 4 is 23.6 Å². The van der Waals surface area contributed by atoms with Gasteiger partial charge < -0.3 is 10.2 Å². The van der Waals surface area contributed by atoms with Crippen LogP contribution in [-0.2, 0) is 9.59 Å². The van der Waals surface area contributed by atoms with E-state index in [-0.39, 0.29) is 11.8 Å². The van der Waals surface area contributed by atoms with Crippen molar-refractivity contribution in [3.05, 3.63) is 71.3 Å². The Kier molecular flexibility index (Phi) is 6.61. The summed E-state index contributed by atoms with van der Waals surface area (Å²) in [4.78, 5) is 28.6. The van der Waals surface area contributed by atoms with Gasteiger partial charge in [0.25, 0.3) is 0 Å². The Morgan fingerprint density at radius 1 is 0.964 bits per heavy atom. The Morgan fingerprint density at radius 2 is 1.68 bits per heavy atom. The zero-order chi connectivity index (χ0) is 19.9. The highest BCUT2D eigenvalue weighted by atomic mass is 16.2. The number of anilines is 1. The monoisotopic (exact) mass is 377 g/mol. The van der Waals surface area contributed by atoms with Gasteiger partial charge >= 0.3 is 0 Å². The Morgan fingerprint density at radius 3 is 2.39 bits per heavy atom. The van der Waals surface area contributed by atoms with Crippen molar-refractivity contribution in [3.8, 4) is 0 Å². The lowest BCUT2D eigenvalue weighted by Crippen LogP contribution is -2.50. The molecule has 2 aromatic rings. The molecule has 0 aliphatic carbocycles. The quantitative estimate of drug-likeness (QED) is 0.815. The summed E-state index contributed by atoms with van der Waals surface area (Å²) in [7, 11) is 0. The molecule has 1 aliphatic heterocycles. The SMILES string of the molecule is Cc1cccc(NC(=O)CN2CCN(C(=O)/C=C/c3ccccc3)CC2)c1C. The van der Waals surface area contributed by atoms with Gasteiger partial charge in [-0.05, 0) is 42.7 Å². The topological polar surface area (TPSA) is 52.7 Å². The van der Waals surface area contributed by atoms with E-state index in [9.17, 15) is 9.59 Å². The van der Waals surface area contributed by atoms with E-state index in [4.69, 9.17) is 0 Å². The molecule has 0 spiro atoms. The lowest BCUT2D eigenvalue weighted by Gasteiger charge is -2.33. The summed E-state index contributed by atoms with van der Waals surface area (Å²) in [5.74, 6) is 0.000732. The molecule has 0 bridgehead atoms. The Balaban J connectivity index is 1.46. The van der Waals surface area contributed by atoms with Gasteiger partial charge in [0.15, 0.2) is 0 Å². The third-order valence-corrected chi connectivity index (χ3v) is 5.15. The number of rotatable bonds is 5. The largest absolute Gasteiger partial charge is 0.337 e. The minimum Gasteiger partial charge on any atom is -0.337 e. The zero-order valence-corrected chi connectivity index (χ0v) is 16.5. The number of hydrogen-bond acceptors (Lipinski definition) is 3. The van der Waals surface area contributed by atoms with Crippen molar-refractivity contribution in [2.24, 2.45) is 0 Å². The summed E-state index contributed by atoms with van der Waals surface area (Å²) in [6.45, 7) is 7.06. The second kappa shape index (κ2) is 9.33.